The molecule has 0 saturated heterocycles. The summed E-state index contributed by atoms with van der Waals surface area (Å²) < 4.78 is 38.4. The van der Waals surface area contributed by atoms with Crippen molar-refractivity contribution in [2.75, 3.05) is 20.8 Å². The first-order valence-electron chi connectivity index (χ1n) is 8.47. The molecule has 0 bridgehead atoms. The number of nitrogens with zero attached hydrogens (tertiary/aromatic N) is 2. The number of sulfonamides is 1. The minimum absolute atomic E-state index is 0.00567. The molecule has 3 rings (SSSR count). The van der Waals surface area contributed by atoms with Gasteiger partial charge >= 0.3 is 0 Å². The first-order chi connectivity index (χ1) is 13.3. The Morgan fingerprint density at radius 3 is 2.32 bits per heavy atom. The van der Waals surface area contributed by atoms with Crippen LogP contribution in [0.1, 0.15) is 17.2 Å². The molecule has 9 heteroatoms. The highest BCUT2D eigenvalue weighted by Crippen LogP contribution is 2.40. The summed E-state index contributed by atoms with van der Waals surface area (Å²) in [5.41, 5.74) is 1.56. The second kappa shape index (κ2) is 7.61. The zero-order chi connectivity index (χ0) is 20.5. The van der Waals surface area contributed by atoms with Gasteiger partial charge in [0.15, 0.2) is 11.5 Å². The lowest BCUT2D eigenvalue weighted by atomic mass is 9.93. The van der Waals surface area contributed by atoms with E-state index < -0.39 is 21.0 Å². The Bertz CT molecular complexity index is 1020. The number of non-ortho nitro benzene ring substituents is 1. The Morgan fingerprint density at radius 2 is 1.79 bits per heavy atom. The van der Waals surface area contributed by atoms with E-state index in [4.69, 9.17) is 9.47 Å². The Kier molecular flexibility index (Phi) is 5.39. The molecule has 0 aliphatic carbocycles. The van der Waals surface area contributed by atoms with Crippen molar-refractivity contribution < 1.29 is 22.8 Å². The van der Waals surface area contributed by atoms with E-state index in [9.17, 15) is 18.5 Å². The van der Waals surface area contributed by atoms with Crippen molar-refractivity contribution in [2.45, 2.75) is 17.4 Å². The highest BCUT2D eigenvalue weighted by molar-refractivity contribution is 7.89. The molecule has 0 radical (unpaired) electrons. The summed E-state index contributed by atoms with van der Waals surface area (Å²) in [6.07, 6.45) is 2.05. The maximum atomic E-state index is 13.2. The van der Waals surface area contributed by atoms with Crippen molar-refractivity contribution in [3.63, 3.8) is 0 Å². The molecular formula is C19H20N2O6S. The number of benzene rings is 2. The normalized spacial score (nSPS) is 16.9. The maximum absolute atomic E-state index is 13.2. The third-order valence-electron chi connectivity index (χ3n) is 4.75. The van der Waals surface area contributed by atoms with Gasteiger partial charge in [0.1, 0.15) is 0 Å². The third-order valence-corrected chi connectivity index (χ3v) is 6.65. The fourth-order valence-electron chi connectivity index (χ4n) is 3.34. The van der Waals surface area contributed by atoms with Gasteiger partial charge in [-0.2, -0.15) is 4.31 Å². The molecule has 0 N–H and O–H groups in total. The van der Waals surface area contributed by atoms with Crippen molar-refractivity contribution in [1.82, 2.24) is 4.31 Å². The summed E-state index contributed by atoms with van der Waals surface area (Å²) in [6, 6.07) is 7.88. The summed E-state index contributed by atoms with van der Waals surface area (Å²) in [6.45, 7) is 4.06. The van der Waals surface area contributed by atoms with Crippen LogP contribution in [0.4, 0.5) is 5.69 Å². The Labute approximate surface area is 163 Å². The van der Waals surface area contributed by atoms with Crippen molar-refractivity contribution in [3.05, 3.63) is 70.3 Å². The summed E-state index contributed by atoms with van der Waals surface area (Å²) in [5, 5.41) is 10.8. The van der Waals surface area contributed by atoms with E-state index in [1.165, 1.54) is 35.7 Å². The summed E-state index contributed by atoms with van der Waals surface area (Å²) >= 11 is 0. The van der Waals surface area contributed by atoms with Gasteiger partial charge < -0.3 is 9.47 Å². The second-order valence-corrected chi connectivity index (χ2v) is 8.09. The monoisotopic (exact) mass is 404 g/mol. The van der Waals surface area contributed by atoms with E-state index in [1.54, 1.807) is 19.3 Å². The van der Waals surface area contributed by atoms with E-state index in [-0.39, 0.29) is 17.1 Å². The lowest BCUT2D eigenvalue weighted by Crippen LogP contribution is -2.39. The molecule has 8 nitrogen and oxygen atoms in total. The largest absolute Gasteiger partial charge is 0.493 e. The van der Waals surface area contributed by atoms with Gasteiger partial charge in [-0.05, 0) is 41.8 Å². The van der Waals surface area contributed by atoms with Crippen LogP contribution < -0.4 is 9.47 Å². The van der Waals surface area contributed by atoms with Gasteiger partial charge in [-0.25, -0.2) is 8.42 Å². The topological polar surface area (TPSA) is 99.0 Å². The Morgan fingerprint density at radius 1 is 1.18 bits per heavy atom. The van der Waals surface area contributed by atoms with Crippen LogP contribution in [0.5, 0.6) is 11.5 Å². The smallest absolute Gasteiger partial charge is 0.269 e. The van der Waals surface area contributed by atoms with E-state index in [2.05, 4.69) is 6.58 Å². The minimum Gasteiger partial charge on any atom is -0.493 e. The lowest BCUT2D eigenvalue weighted by Gasteiger charge is -2.35. The van der Waals surface area contributed by atoms with Gasteiger partial charge in [0.05, 0.1) is 30.1 Å². The first kappa shape index (κ1) is 19.8. The van der Waals surface area contributed by atoms with Crippen molar-refractivity contribution in [3.8, 4) is 11.5 Å². The van der Waals surface area contributed by atoms with Crippen molar-refractivity contribution in [2.24, 2.45) is 0 Å². The Hall–Kier alpha value is -2.91. The zero-order valence-corrected chi connectivity index (χ0v) is 16.3. The molecule has 28 heavy (non-hydrogen) atoms. The van der Waals surface area contributed by atoms with Gasteiger partial charge in [0, 0.05) is 18.7 Å². The molecule has 0 aromatic heterocycles. The van der Waals surface area contributed by atoms with Crippen LogP contribution in [0.3, 0.4) is 0 Å². The molecule has 1 aliphatic rings. The summed E-state index contributed by atoms with van der Waals surface area (Å²) in [7, 11) is -0.816. The van der Waals surface area contributed by atoms with Crippen LogP contribution in [0.2, 0.25) is 0 Å². The van der Waals surface area contributed by atoms with E-state index in [1.807, 2.05) is 6.07 Å². The van der Waals surface area contributed by atoms with Gasteiger partial charge in [-0.3, -0.25) is 10.1 Å². The van der Waals surface area contributed by atoms with Crippen LogP contribution >= 0.6 is 0 Å². The fraction of sp³-hybridized carbons (Fsp3) is 0.263. The molecule has 1 aliphatic heterocycles. The number of hydrogen-bond acceptors (Lipinski definition) is 6. The number of nitro groups is 1. The SMILES string of the molecule is C=CC1c2cc(OC)c(OC)cc2CCN1S(=O)(=O)c1ccc([N+](=O)[O-])cc1. The van der Waals surface area contributed by atoms with Crippen LogP contribution in [0.25, 0.3) is 0 Å². The second-order valence-electron chi connectivity index (χ2n) is 6.20. The summed E-state index contributed by atoms with van der Waals surface area (Å²) in [5.74, 6) is 1.08. The van der Waals surface area contributed by atoms with Crippen LogP contribution in [-0.2, 0) is 16.4 Å². The van der Waals surface area contributed by atoms with Crippen molar-refractivity contribution in [1.29, 1.82) is 0 Å². The van der Waals surface area contributed by atoms with Gasteiger partial charge in [-0.15, -0.1) is 6.58 Å². The highest BCUT2D eigenvalue weighted by Gasteiger charge is 2.36. The predicted octanol–water partition coefficient (Wildman–Crippen LogP) is 3.09. The molecule has 0 spiro atoms. The van der Waals surface area contributed by atoms with Gasteiger partial charge in [-0.1, -0.05) is 6.08 Å². The molecule has 1 unspecified atom stereocenters. The van der Waals surface area contributed by atoms with Crippen LogP contribution in [0.15, 0.2) is 53.9 Å². The molecule has 1 heterocycles. The van der Waals surface area contributed by atoms with Crippen LogP contribution in [-0.4, -0.2) is 38.4 Å². The summed E-state index contributed by atoms with van der Waals surface area (Å²) in [4.78, 5) is 10.2. The predicted molar refractivity (Wildman–Crippen MR) is 103 cm³/mol. The quantitative estimate of drug-likeness (QED) is 0.417. The molecular weight excluding hydrogens is 384 g/mol. The standard InChI is InChI=1S/C19H20N2O6S/c1-4-17-16-12-19(27-3)18(26-2)11-13(16)9-10-20(17)28(24,25)15-7-5-14(6-8-15)21(22)23/h4-8,11-12,17H,1,9-10H2,2-3H3. The van der Waals surface area contributed by atoms with Crippen molar-refractivity contribution >= 4 is 15.7 Å². The molecule has 1 atom stereocenters. The van der Waals surface area contributed by atoms with Crippen LogP contribution in [0, 0.1) is 10.1 Å². The highest BCUT2D eigenvalue weighted by atomic mass is 32.2. The zero-order valence-electron chi connectivity index (χ0n) is 15.5. The number of hydrogen-bond donors (Lipinski definition) is 0. The van der Waals surface area contributed by atoms with E-state index in [0.29, 0.717) is 17.9 Å². The van der Waals surface area contributed by atoms with E-state index in [0.717, 1.165) is 11.1 Å². The molecule has 0 amide bonds. The Balaban J connectivity index is 2.03. The molecule has 2 aromatic carbocycles. The number of nitro benzene ring substituents is 1. The third kappa shape index (κ3) is 3.34. The van der Waals surface area contributed by atoms with Gasteiger partial charge in [0.2, 0.25) is 10.0 Å². The minimum atomic E-state index is -3.88. The number of rotatable bonds is 6. The average Bonchev–Trinajstić information content (AvgIpc) is 2.71. The lowest BCUT2D eigenvalue weighted by molar-refractivity contribution is -0.384. The van der Waals surface area contributed by atoms with Gasteiger partial charge in [0.25, 0.3) is 5.69 Å². The molecule has 0 saturated carbocycles. The maximum Gasteiger partial charge on any atom is 0.269 e. The number of fused-ring (bicyclic) bond motifs is 1. The molecule has 148 valence electrons. The molecule has 2 aromatic rings. The van der Waals surface area contributed by atoms with E-state index >= 15 is 0 Å². The first-order valence-corrected chi connectivity index (χ1v) is 9.91. The fourth-order valence-corrected chi connectivity index (χ4v) is 4.92. The molecule has 0 fully saturated rings. The average molecular weight is 404 g/mol. The number of ether oxygens (including phenoxy) is 2. The number of methoxy groups -OCH3 is 2.